The van der Waals surface area contributed by atoms with Gasteiger partial charge in [0.25, 0.3) is 0 Å². The Labute approximate surface area is 94.0 Å². The van der Waals surface area contributed by atoms with Gasteiger partial charge in [0.15, 0.2) is 6.10 Å². The minimum Gasteiger partial charge on any atom is -0.479 e. The van der Waals surface area contributed by atoms with E-state index in [1.807, 2.05) is 18.2 Å². The molecule has 1 aromatic rings. The van der Waals surface area contributed by atoms with E-state index in [-0.39, 0.29) is 0 Å². The fraction of sp³-hybridized carbons (Fsp3) is 0.308. The van der Waals surface area contributed by atoms with Crippen molar-refractivity contribution in [1.82, 2.24) is 0 Å². The van der Waals surface area contributed by atoms with Gasteiger partial charge in [0.2, 0.25) is 0 Å². The number of terminal acetylenes is 1. The van der Waals surface area contributed by atoms with E-state index in [9.17, 15) is 4.79 Å². The number of hydrogen-bond acceptors (Lipinski definition) is 2. The number of carboxylic acid groups (broad SMARTS) is 1. The molecule has 1 atom stereocenters. The molecule has 82 valence electrons. The predicted molar refractivity (Wildman–Crippen MR) is 59.4 cm³/mol. The van der Waals surface area contributed by atoms with Crippen LogP contribution < -0.4 is 4.74 Å². The Balaban J connectivity index is 2.34. The topological polar surface area (TPSA) is 46.5 Å². The van der Waals surface area contributed by atoms with Crippen molar-refractivity contribution in [2.24, 2.45) is 0 Å². The fourth-order valence-corrected chi connectivity index (χ4v) is 1.90. The molecule has 0 bridgehead atoms. The molecule has 0 saturated heterocycles. The monoisotopic (exact) mass is 216 g/mol. The Hall–Kier alpha value is -1.95. The molecule has 1 unspecified atom stereocenters. The molecular weight excluding hydrogens is 204 g/mol. The van der Waals surface area contributed by atoms with Crippen LogP contribution in [0.25, 0.3) is 0 Å². The van der Waals surface area contributed by atoms with Crippen LogP contribution in [0, 0.1) is 12.3 Å². The number of para-hydroxylation sites is 1. The molecule has 0 spiro atoms. The van der Waals surface area contributed by atoms with Crippen molar-refractivity contribution in [3.05, 3.63) is 29.3 Å². The third-order valence-corrected chi connectivity index (χ3v) is 2.68. The number of hydrogen-bond donors (Lipinski definition) is 1. The molecule has 0 radical (unpaired) electrons. The van der Waals surface area contributed by atoms with E-state index in [1.165, 1.54) is 0 Å². The average Bonchev–Trinajstić information content (AvgIpc) is 2.29. The largest absolute Gasteiger partial charge is 0.479 e. The van der Waals surface area contributed by atoms with Gasteiger partial charge in [-0.05, 0) is 18.4 Å². The van der Waals surface area contributed by atoms with Crippen molar-refractivity contribution in [2.75, 3.05) is 0 Å². The Morgan fingerprint density at radius 1 is 1.62 bits per heavy atom. The summed E-state index contributed by atoms with van der Waals surface area (Å²) in [6.45, 7) is 0. The number of aliphatic carboxylic acids is 1. The molecule has 0 fully saturated rings. The molecule has 2 rings (SSSR count). The van der Waals surface area contributed by atoms with Crippen molar-refractivity contribution in [2.45, 2.75) is 25.4 Å². The first-order valence-corrected chi connectivity index (χ1v) is 5.16. The Morgan fingerprint density at radius 3 is 3.12 bits per heavy atom. The molecule has 1 heterocycles. The maximum absolute atomic E-state index is 10.9. The van der Waals surface area contributed by atoms with Gasteiger partial charge in [-0.25, -0.2) is 4.79 Å². The van der Waals surface area contributed by atoms with Gasteiger partial charge in [-0.1, -0.05) is 18.2 Å². The van der Waals surface area contributed by atoms with Gasteiger partial charge < -0.3 is 9.84 Å². The van der Waals surface area contributed by atoms with Crippen LogP contribution in [0.15, 0.2) is 18.2 Å². The lowest BCUT2D eigenvalue weighted by atomic mass is 9.98. The molecule has 0 saturated carbocycles. The molecule has 0 aromatic heterocycles. The highest BCUT2D eigenvalue weighted by Gasteiger charge is 2.26. The molecule has 1 aliphatic rings. The van der Waals surface area contributed by atoms with Crippen LogP contribution >= 0.6 is 0 Å². The second-order valence-corrected chi connectivity index (χ2v) is 3.77. The summed E-state index contributed by atoms with van der Waals surface area (Å²) in [5.74, 6) is 2.30. The molecule has 1 N–H and O–H groups in total. The van der Waals surface area contributed by atoms with E-state index in [0.717, 1.165) is 17.5 Å². The summed E-state index contributed by atoms with van der Waals surface area (Å²) in [5, 5.41) is 8.92. The van der Waals surface area contributed by atoms with Crippen LogP contribution in [0.1, 0.15) is 17.5 Å². The van der Waals surface area contributed by atoms with Crippen molar-refractivity contribution < 1.29 is 14.6 Å². The van der Waals surface area contributed by atoms with E-state index in [4.69, 9.17) is 16.3 Å². The highest BCUT2D eigenvalue weighted by molar-refractivity contribution is 5.73. The molecule has 0 aliphatic carbocycles. The number of ether oxygens (including phenoxy) is 1. The van der Waals surface area contributed by atoms with Crippen LogP contribution in [0.2, 0.25) is 0 Å². The van der Waals surface area contributed by atoms with Gasteiger partial charge in [0, 0.05) is 12.0 Å². The lowest BCUT2D eigenvalue weighted by Crippen LogP contribution is -2.31. The number of benzene rings is 1. The van der Waals surface area contributed by atoms with Crippen LogP contribution in [0.4, 0.5) is 0 Å². The molecule has 3 nitrogen and oxygen atoms in total. The van der Waals surface area contributed by atoms with Gasteiger partial charge in [-0.15, -0.1) is 12.3 Å². The van der Waals surface area contributed by atoms with E-state index in [2.05, 4.69) is 5.92 Å². The first kappa shape index (κ1) is 10.6. The second-order valence-electron chi connectivity index (χ2n) is 3.77. The Bertz CT molecular complexity index is 457. The zero-order chi connectivity index (χ0) is 11.5. The summed E-state index contributed by atoms with van der Waals surface area (Å²) in [6, 6.07) is 5.76. The minimum atomic E-state index is -0.916. The molecule has 1 aliphatic heterocycles. The third-order valence-electron chi connectivity index (χ3n) is 2.68. The van der Waals surface area contributed by atoms with Crippen LogP contribution in [0.3, 0.4) is 0 Å². The summed E-state index contributed by atoms with van der Waals surface area (Å²) in [5.41, 5.74) is 1.94. The maximum atomic E-state index is 10.9. The van der Waals surface area contributed by atoms with E-state index in [1.54, 1.807) is 0 Å². The van der Waals surface area contributed by atoms with Gasteiger partial charge in [0.05, 0.1) is 0 Å². The van der Waals surface area contributed by atoms with Crippen LogP contribution in [-0.2, 0) is 17.6 Å². The smallest absolute Gasteiger partial charge is 0.344 e. The zero-order valence-electron chi connectivity index (χ0n) is 8.77. The number of rotatable bonds is 2. The second kappa shape index (κ2) is 4.28. The summed E-state index contributed by atoms with van der Waals surface area (Å²) in [4.78, 5) is 10.9. The maximum Gasteiger partial charge on any atom is 0.344 e. The number of carboxylic acids is 1. The number of carbonyl (C=O) groups is 1. The lowest BCUT2D eigenvalue weighted by Gasteiger charge is -2.24. The first-order chi connectivity index (χ1) is 7.72. The molecule has 16 heavy (non-hydrogen) atoms. The first-order valence-electron chi connectivity index (χ1n) is 5.16. The average molecular weight is 216 g/mol. The molecule has 0 amide bonds. The van der Waals surface area contributed by atoms with Crippen molar-refractivity contribution >= 4 is 5.97 Å². The SMILES string of the molecule is C#CCc1cccc2c1OC(C(=O)O)CC2. The Morgan fingerprint density at radius 2 is 2.44 bits per heavy atom. The van der Waals surface area contributed by atoms with Gasteiger partial charge in [-0.3, -0.25) is 0 Å². The summed E-state index contributed by atoms with van der Waals surface area (Å²) in [6.07, 6.45) is 6.23. The lowest BCUT2D eigenvalue weighted by molar-refractivity contribution is -0.145. The van der Waals surface area contributed by atoms with Crippen LogP contribution in [-0.4, -0.2) is 17.2 Å². The van der Waals surface area contributed by atoms with Crippen molar-refractivity contribution in [1.29, 1.82) is 0 Å². The van der Waals surface area contributed by atoms with Crippen molar-refractivity contribution in [3.8, 4) is 18.1 Å². The number of aryl methyl sites for hydroxylation is 1. The van der Waals surface area contributed by atoms with E-state index >= 15 is 0 Å². The molecule has 3 heteroatoms. The summed E-state index contributed by atoms with van der Waals surface area (Å²) in [7, 11) is 0. The normalized spacial score (nSPS) is 18.1. The van der Waals surface area contributed by atoms with E-state index in [0.29, 0.717) is 18.6 Å². The number of fused-ring (bicyclic) bond motifs is 1. The highest BCUT2D eigenvalue weighted by atomic mass is 16.5. The van der Waals surface area contributed by atoms with Crippen LogP contribution in [0.5, 0.6) is 5.75 Å². The van der Waals surface area contributed by atoms with E-state index < -0.39 is 12.1 Å². The predicted octanol–water partition coefficient (Wildman–Crippen LogP) is 1.64. The summed E-state index contributed by atoms with van der Waals surface area (Å²) < 4.78 is 5.48. The molecular formula is C13H12O3. The van der Waals surface area contributed by atoms with Crippen molar-refractivity contribution in [3.63, 3.8) is 0 Å². The summed E-state index contributed by atoms with van der Waals surface area (Å²) >= 11 is 0. The fourth-order valence-electron chi connectivity index (χ4n) is 1.90. The van der Waals surface area contributed by atoms with Gasteiger partial charge in [-0.2, -0.15) is 0 Å². The quantitative estimate of drug-likeness (QED) is 0.764. The zero-order valence-corrected chi connectivity index (χ0v) is 8.77. The Kier molecular flexibility index (Phi) is 2.82. The highest BCUT2D eigenvalue weighted by Crippen LogP contribution is 2.31. The third kappa shape index (κ3) is 1.87. The minimum absolute atomic E-state index is 0.468. The van der Waals surface area contributed by atoms with Gasteiger partial charge >= 0.3 is 5.97 Å². The standard InChI is InChI=1S/C13H12O3/c1-2-4-9-5-3-6-10-7-8-11(13(14)15)16-12(9)10/h1,3,5-6,11H,4,7-8H2,(H,14,15). The molecule has 1 aromatic carbocycles. The van der Waals surface area contributed by atoms with Gasteiger partial charge in [0.1, 0.15) is 5.75 Å².